The van der Waals surface area contributed by atoms with Crippen LogP contribution in [0.1, 0.15) is 29.4 Å². The minimum absolute atomic E-state index is 0.0989. The Morgan fingerprint density at radius 2 is 2.50 bits per heavy atom. The lowest BCUT2D eigenvalue weighted by molar-refractivity contribution is 0.0938. The molecule has 1 aromatic heterocycles. The summed E-state index contributed by atoms with van der Waals surface area (Å²) in [6, 6.07) is 0.0989. The topological polar surface area (TPSA) is 83.8 Å². The van der Waals surface area contributed by atoms with Gasteiger partial charge >= 0.3 is 0 Å². The molecule has 1 rings (SSSR count). The first kappa shape index (κ1) is 10.7. The summed E-state index contributed by atoms with van der Waals surface area (Å²) in [6.45, 7) is 4.32. The number of nitrogens with zero attached hydrogens (tertiary/aromatic N) is 1. The Labute approximate surface area is 83.1 Å². The highest BCUT2D eigenvalue weighted by atomic mass is 16.1. The molecule has 5 nitrogen and oxygen atoms in total. The van der Waals surface area contributed by atoms with E-state index in [1.807, 2.05) is 13.8 Å². The van der Waals surface area contributed by atoms with Crippen LogP contribution in [0, 0.1) is 6.92 Å². The zero-order valence-electron chi connectivity index (χ0n) is 8.50. The fourth-order valence-electron chi connectivity index (χ4n) is 1.20. The van der Waals surface area contributed by atoms with Crippen molar-refractivity contribution in [2.24, 2.45) is 5.73 Å². The summed E-state index contributed by atoms with van der Waals surface area (Å²) in [7, 11) is 0. The number of rotatable bonds is 4. The Kier molecular flexibility index (Phi) is 3.64. The molecule has 0 aliphatic heterocycles. The molecular formula is C9H16N4O. The molecule has 78 valence electrons. The highest BCUT2D eigenvalue weighted by Gasteiger charge is 2.12. The first-order valence-corrected chi connectivity index (χ1v) is 4.66. The van der Waals surface area contributed by atoms with Crippen molar-refractivity contribution in [2.45, 2.75) is 26.3 Å². The van der Waals surface area contributed by atoms with Crippen LogP contribution in [0.4, 0.5) is 0 Å². The summed E-state index contributed by atoms with van der Waals surface area (Å²) in [5.41, 5.74) is 6.76. The van der Waals surface area contributed by atoms with Crippen LogP contribution in [0.3, 0.4) is 0 Å². The molecule has 14 heavy (non-hydrogen) atoms. The largest absolute Gasteiger partial charge is 0.349 e. The Hall–Kier alpha value is -1.36. The van der Waals surface area contributed by atoms with Crippen molar-refractivity contribution in [1.82, 2.24) is 15.5 Å². The number of aryl methyl sites for hydroxylation is 1. The minimum atomic E-state index is -0.0998. The van der Waals surface area contributed by atoms with Crippen molar-refractivity contribution in [2.75, 3.05) is 6.54 Å². The summed E-state index contributed by atoms with van der Waals surface area (Å²) in [6.07, 6.45) is 2.31. The van der Waals surface area contributed by atoms with Crippen molar-refractivity contribution in [3.05, 3.63) is 17.5 Å². The van der Waals surface area contributed by atoms with Gasteiger partial charge in [-0.1, -0.05) is 0 Å². The summed E-state index contributed by atoms with van der Waals surface area (Å²) in [5, 5.41) is 9.35. The average molecular weight is 196 g/mol. The van der Waals surface area contributed by atoms with Crippen LogP contribution in [0.5, 0.6) is 0 Å². The van der Waals surface area contributed by atoms with Gasteiger partial charge in [0, 0.05) is 11.7 Å². The van der Waals surface area contributed by atoms with Gasteiger partial charge in [0.05, 0.1) is 11.8 Å². The number of aromatic amines is 1. The van der Waals surface area contributed by atoms with Gasteiger partial charge in [0.1, 0.15) is 0 Å². The lowest BCUT2D eigenvalue weighted by atomic mass is 10.2. The molecule has 5 heteroatoms. The van der Waals surface area contributed by atoms with Gasteiger partial charge in [0.15, 0.2) is 0 Å². The van der Waals surface area contributed by atoms with E-state index < -0.39 is 0 Å². The lowest BCUT2D eigenvalue weighted by Crippen LogP contribution is -2.34. The van der Waals surface area contributed by atoms with Gasteiger partial charge in [-0.15, -0.1) is 0 Å². The molecular weight excluding hydrogens is 180 g/mol. The van der Waals surface area contributed by atoms with Gasteiger partial charge in [-0.2, -0.15) is 5.10 Å². The molecule has 0 fully saturated rings. The SMILES string of the molecule is Cc1[nH]ncc1C(=O)NC(C)CCN. The number of carbonyl (C=O) groups excluding carboxylic acids is 1. The van der Waals surface area contributed by atoms with Gasteiger partial charge in [-0.25, -0.2) is 0 Å². The van der Waals surface area contributed by atoms with Crippen molar-refractivity contribution in [3.8, 4) is 0 Å². The van der Waals surface area contributed by atoms with Crippen LogP contribution in [0.2, 0.25) is 0 Å². The Morgan fingerprint density at radius 3 is 3.00 bits per heavy atom. The monoisotopic (exact) mass is 196 g/mol. The van der Waals surface area contributed by atoms with Crippen LogP contribution < -0.4 is 11.1 Å². The Morgan fingerprint density at radius 1 is 1.79 bits per heavy atom. The maximum atomic E-state index is 11.6. The molecule has 0 saturated carbocycles. The van der Waals surface area contributed by atoms with Gasteiger partial charge in [-0.05, 0) is 26.8 Å². The minimum Gasteiger partial charge on any atom is -0.349 e. The molecule has 4 N–H and O–H groups in total. The van der Waals surface area contributed by atoms with Crippen molar-refractivity contribution in [1.29, 1.82) is 0 Å². The van der Waals surface area contributed by atoms with Crippen LogP contribution >= 0.6 is 0 Å². The van der Waals surface area contributed by atoms with E-state index in [-0.39, 0.29) is 11.9 Å². The van der Waals surface area contributed by atoms with E-state index in [4.69, 9.17) is 5.73 Å². The zero-order valence-corrected chi connectivity index (χ0v) is 8.50. The number of nitrogens with two attached hydrogens (primary N) is 1. The van der Waals surface area contributed by atoms with E-state index >= 15 is 0 Å². The van der Waals surface area contributed by atoms with Crippen LogP contribution in [-0.4, -0.2) is 28.7 Å². The van der Waals surface area contributed by atoms with Crippen LogP contribution in [-0.2, 0) is 0 Å². The third-order valence-corrected chi connectivity index (χ3v) is 2.05. The highest BCUT2D eigenvalue weighted by molar-refractivity contribution is 5.95. The Balaban J connectivity index is 2.55. The van der Waals surface area contributed by atoms with E-state index in [1.165, 1.54) is 6.20 Å². The number of carbonyl (C=O) groups is 1. The molecule has 0 aliphatic rings. The molecule has 0 aromatic carbocycles. The third-order valence-electron chi connectivity index (χ3n) is 2.05. The van der Waals surface area contributed by atoms with E-state index in [1.54, 1.807) is 0 Å². The maximum Gasteiger partial charge on any atom is 0.254 e. The van der Waals surface area contributed by atoms with E-state index in [9.17, 15) is 4.79 Å². The predicted molar refractivity (Wildman–Crippen MR) is 53.9 cm³/mol. The fourth-order valence-corrected chi connectivity index (χ4v) is 1.20. The van der Waals surface area contributed by atoms with Crippen molar-refractivity contribution < 1.29 is 4.79 Å². The molecule has 1 heterocycles. The van der Waals surface area contributed by atoms with Gasteiger partial charge < -0.3 is 11.1 Å². The van der Waals surface area contributed by atoms with E-state index in [2.05, 4.69) is 15.5 Å². The summed E-state index contributed by atoms with van der Waals surface area (Å²) in [5.74, 6) is -0.0998. The standard InChI is InChI=1S/C9H16N4O/c1-6(3-4-10)12-9(14)8-5-11-13-7(8)2/h5-6H,3-4,10H2,1-2H3,(H,11,13)(H,12,14). The molecule has 1 amide bonds. The fraction of sp³-hybridized carbons (Fsp3) is 0.556. The van der Waals surface area contributed by atoms with E-state index in [0.29, 0.717) is 12.1 Å². The number of hydrogen-bond donors (Lipinski definition) is 3. The molecule has 0 aliphatic carbocycles. The molecule has 0 spiro atoms. The second-order valence-corrected chi connectivity index (χ2v) is 3.36. The van der Waals surface area contributed by atoms with Crippen molar-refractivity contribution in [3.63, 3.8) is 0 Å². The summed E-state index contributed by atoms with van der Waals surface area (Å²) in [4.78, 5) is 11.6. The third kappa shape index (κ3) is 2.56. The average Bonchev–Trinajstić information content (AvgIpc) is 2.51. The quantitative estimate of drug-likeness (QED) is 0.642. The number of amides is 1. The first-order chi connectivity index (χ1) is 6.65. The zero-order chi connectivity index (χ0) is 10.6. The normalized spacial score (nSPS) is 12.5. The second kappa shape index (κ2) is 4.76. The maximum absolute atomic E-state index is 11.6. The molecule has 0 bridgehead atoms. The predicted octanol–water partition coefficient (Wildman–Crippen LogP) is 0.185. The van der Waals surface area contributed by atoms with Crippen molar-refractivity contribution >= 4 is 5.91 Å². The van der Waals surface area contributed by atoms with Gasteiger partial charge in [0.2, 0.25) is 0 Å². The Bertz CT molecular complexity index is 308. The first-order valence-electron chi connectivity index (χ1n) is 4.66. The molecule has 0 radical (unpaired) electrons. The molecule has 1 aromatic rings. The van der Waals surface area contributed by atoms with Crippen LogP contribution in [0.25, 0.3) is 0 Å². The number of hydrogen-bond acceptors (Lipinski definition) is 3. The number of H-pyrrole nitrogens is 1. The lowest BCUT2D eigenvalue weighted by Gasteiger charge is -2.11. The smallest absolute Gasteiger partial charge is 0.254 e. The van der Waals surface area contributed by atoms with Gasteiger partial charge in [-0.3, -0.25) is 9.89 Å². The second-order valence-electron chi connectivity index (χ2n) is 3.36. The van der Waals surface area contributed by atoms with Gasteiger partial charge in [0.25, 0.3) is 5.91 Å². The summed E-state index contributed by atoms with van der Waals surface area (Å²) < 4.78 is 0. The number of nitrogens with one attached hydrogen (secondary N) is 2. The van der Waals surface area contributed by atoms with Crippen LogP contribution in [0.15, 0.2) is 6.20 Å². The molecule has 0 saturated heterocycles. The highest BCUT2D eigenvalue weighted by Crippen LogP contribution is 2.02. The molecule has 1 unspecified atom stereocenters. The van der Waals surface area contributed by atoms with E-state index in [0.717, 1.165) is 12.1 Å². The molecule has 1 atom stereocenters. The summed E-state index contributed by atoms with van der Waals surface area (Å²) >= 11 is 0. The number of aromatic nitrogens is 2.